The molecule has 0 aliphatic carbocycles. The lowest BCUT2D eigenvalue weighted by Crippen LogP contribution is -2.28. The molecule has 3 aromatic heterocycles. The fourth-order valence-electron chi connectivity index (χ4n) is 3.34. The highest BCUT2D eigenvalue weighted by Crippen LogP contribution is 2.26. The van der Waals surface area contributed by atoms with E-state index < -0.39 is 20.7 Å². The van der Waals surface area contributed by atoms with Gasteiger partial charge in [-0.2, -0.15) is 5.10 Å². The Morgan fingerprint density at radius 2 is 2.00 bits per heavy atom. The summed E-state index contributed by atoms with van der Waals surface area (Å²) < 4.78 is 41.4. The molecule has 0 saturated heterocycles. The third-order valence-corrected chi connectivity index (χ3v) is 6.78. The molecule has 0 amide bonds. The Labute approximate surface area is 211 Å². The normalized spacial score (nSPS) is 11.8. The summed E-state index contributed by atoms with van der Waals surface area (Å²) in [6.45, 7) is 3.66. The number of anilines is 2. The zero-order valence-corrected chi connectivity index (χ0v) is 20.9. The predicted molar refractivity (Wildman–Crippen MR) is 133 cm³/mol. The van der Waals surface area contributed by atoms with Gasteiger partial charge in [-0.05, 0) is 32.2 Å². The van der Waals surface area contributed by atoms with E-state index in [4.69, 9.17) is 16.7 Å². The second kappa shape index (κ2) is 10.7. The number of aliphatic hydroxyl groups excluding tert-OH is 1. The first kappa shape index (κ1) is 25.6. The van der Waals surface area contributed by atoms with Crippen LogP contribution in [0.2, 0.25) is 5.02 Å². The van der Waals surface area contributed by atoms with Gasteiger partial charge in [-0.1, -0.05) is 11.6 Å². The number of halogens is 2. The summed E-state index contributed by atoms with van der Waals surface area (Å²) in [4.78, 5) is 18.7. The molecule has 0 aliphatic rings. The van der Waals surface area contributed by atoms with Crippen molar-refractivity contribution in [3.8, 4) is 11.5 Å². The standard InChI is InChI=1S/C21H23ClFN9O3S/c1-12-18-20(24-5-6-32(2)7-8-33)27-19(28-21(18)30-29-12)15-10-26-17(11-25-15)31-36(34,35)16-9-13(22)3-4-14(16)23/h3-4,9-11,33H,5-8H2,1-2H3,(H,26,31)(H2,24,27,28,29,30). The third kappa shape index (κ3) is 5.67. The number of likely N-dealkylation sites (N-methyl/N-ethyl adjacent to an activating group) is 1. The molecule has 0 unspecified atom stereocenters. The molecule has 190 valence electrons. The Kier molecular flexibility index (Phi) is 7.59. The molecule has 4 N–H and O–H groups in total. The molecular formula is C21H23ClFN9O3S. The van der Waals surface area contributed by atoms with Crippen LogP contribution in [0.3, 0.4) is 0 Å². The van der Waals surface area contributed by atoms with E-state index in [-0.39, 0.29) is 29.0 Å². The summed E-state index contributed by atoms with van der Waals surface area (Å²) in [6.07, 6.45) is 2.48. The van der Waals surface area contributed by atoms with Crippen molar-refractivity contribution in [2.24, 2.45) is 0 Å². The summed E-state index contributed by atoms with van der Waals surface area (Å²) in [5.41, 5.74) is 1.49. The van der Waals surface area contributed by atoms with Crippen LogP contribution < -0.4 is 10.0 Å². The van der Waals surface area contributed by atoms with E-state index in [0.29, 0.717) is 36.8 Å². The van der Waals surface area contributed by atoms with Gasteiger partial charge in [-0.15, -0.1) is 0 Å². The maximum Gasteiger partial charge on any atom is 0.266 e. The molecule has 1 aromatic carbocycles. The van der Waals surface area contributed by atoms with E-state index in [2.05, 4.69) is 40.2 Å². The number of benzene rings is 1. The number of aromatic amines is 1. The number of hydrogen-bond donors (Lipinski definition) is 4. The van der Waals surface area contributed by atoms with Gasteiger partial charge in [-0.3, -0.25) is 9.82 Å². The third-order valence-electron chi connectivity index (χ3n) is 5.17. The second-order valence-electron chi connectivity index (χ2n) is 7.85. The van der Waals surface area contributed by atoms with E-state index in [0.717, 1.165) is 17.5 Å². The molecule has 0 fully saturated rings. The molecule has 12 nitrogen and oxygen atoms in total. The van der Waals surface area contributed by atoms with Crippen molar-refractivity contribution in [3.63, 3.8) is 0 Å². The molecule has 4 rings (SSSR count). The molecule has 0 aliphatic heterocycles. The Hall–Kier alpha value is -3.46. The molecule has 15 heteroatoms. The SMILES string of the molecule is Cc1n[nH]c2nc(-c3cnc(NS(=O)(=O)c4cc(Cl)ccc4F)cn3)nc(NCCN(C)CCO)c12. The van der Waals surface area contributed by atoms with Crippen LogP contribution in [0.4, 0.5) is 16.0 Å². The lowest BCUT2D eigenvalue weighted by molar-refractivity contribution is 0.225. The van der Waals surface area contributed by atoms with Gasteiger partial charge in [0.25, 0.3) is 10.0 Å². The van der Waals surface area contributed by atoms with Gasteiger partial charge in [0.15, 0.2) is 17.3 Å². The number of hydrogen-bond acceptors (Lipinski definition) is 10. The van der Waals surface area contributed by atoms with E-state index in [1.165, 1.54) is 18.5 Å². The number of aromatic nitrogens is 6. The molecule has 0 atom stereocenters. The minimum absolute atomic E-state index is 0.0676. The van der Waals surface area contributed by atoms with E-state index in [1.54, 1.807) is 0 Å². The van der Waals surface area contributed by atoms with Gasteiger partial charge < -0.3 is 15.3 Å². The minimum Gasteiger partial charge on any atom is -0.395 e. The van der Waals surface area contributed by atoms with Crippen LogP contribution in [0.25, 0.3) is 22.6 Å². The first-order chi connectivity index (χ1) is 17.2. The zero-order valence-electron chi connectivity index (χ0n) is 19.3. The number of H-pyrrole nitrogens is 1. The van der Waals surface area contributed by atoms with E-state index in [1.807, 2.05) is 18.9 Å². The summed E-state index contributed by atoms with van der Waals surface area (Å²) in [5.74, 6) is -0.292. The van der Waals surface area contributed by atoms with Crippen LogP contribution in [-0.4, -0.2) is 81.8 Å². The summed E-state index contributed by atoms with van der Waals surface area (Å²) in [7, 11) is -2.39. The van der Waals surface area contributed by atoms with Crippen molar-refractivity contribution in [3.05, 3.63) is 47.1 Å². The minimum atomic E-state index is -4.28. The monoisotopic (exact) mass is 535 g/mol. The van der Waals surface area contributed by atoms with Gasteiger partial charge in [0.05, 0.1) is 30.1 Å². The van der Waals surface area contributed by atoms with Crippen molar-refractivity contribution >= 4 is 44.3 Å². The average Bonchev–Trinajstić information content (AvgIpc) is 3.21. The molecule has 0 radical (unpaired) electrons. The highest BCUT2D eigenvalue weighted by Gasteiger charge is 2.21. The molecule has 0 bridgehead atoms. The Morgan fingerprint density at radius 1 is 1.19 bits per heavy atom. The van der Waals surface area contributed by atoms with Crippen molar-refractivity contribution < 1.29 is 17.9 Å². The molecule has 36 heavy (non-hydrogen) atoms. The smallest absolute Gasteiger partial charge is 0.266 e. The largest absolute Gasteiger partial charge is 0.395 e. The lowest BCUT2D eigenvalue weighted by atomic mass is 10.3. The molecular weight excluding hydrogens is 513 g/mol. The average molecular weight is 536 g/mol. The maximum absolute atomic E-state index is 14.0. The first-order valence-corrected chi connectivity index (χ1v) is 12.6. The van der Waals surface area contributed by atoms with Crippen molar-refractivity contribution in [2.45, 2.75) is 11.8 Å². The van der Waals surface area contributed by atoms with Crippen LogP contribution in [0.1, 0.15) is 5.69 Å². The fraction of sp³-hybridized carbons (Fsp3) is 0.286. The number of aliphatic hydroxyl groups is 1. The fourth-order valence-corrected chi connectivity index (χ4v) is 4.67. The second-order valence-corrected chi connectivity index (χ2v) is 9.94. The van der Waals surface area contributed by atoms with Crippen LogP contribution in [-0.2, 0) is 10.0 Å². The van der Waals surface area contributed by atoms with E-state index >= 15 is 0 Å². The van der Waals surface area contributed by atoms with Crippen LogP contribution in [0, 0.1) is 12.7 Å². The predicted octanol–water partition coefficient (Wildman–Crippen LogP) is 2.05. The Balaban J connectivity index is 1.57. The topological polar surface area (TPSA) is 162 Å². The lowest BCUT2D eigenvalue weighted by Gasteiger charge is -2.16. The van der Waals surface area contributed by atoms with Gasteiger partial charge in [0, 0.05) is 24.7 Å². The number of rotatable bonds is 10. The van der Waals surface area contributed by atoms with Gasteiger partial charge in [0.2, 0.25) is 0 Å². The molecule has 0 saturated carbocycles. The van der Waals surface area contributed by atoms with Gasteiger partial charge in [-0.25, -0.2) is 32.7 Å². The van der Waals surface area contributed by atoms with Gasteiger partial charge in [0.1, 0.15) is 22.2 Å². The number of nitrogens with one attached hydrogen (secondary N) is 3. The van der Waals surface area contributed by atoms with E-state index in [9.17, 15) is 12.8 Å². The maximum atomic E-state index is 14.0. The summed E-state index contributed by atoms with van der Waals surface area (Å²) >= 11 is 5.81. The Bertz CT molecular complexity index is 1480. The zero-order chi connectivity index (χ0) is 25.9. The van der Waals surface area contributed by atoms with Crippen molar-refractivity contribution in [1.29, 1.82) is 0 Å². The number of aryl methyl sites for hydroxylation is 1. The molecule has 4 aromatic rings. The van der Waals surface area contributed by atoms with Gasteiger partial charge >= 0.3 is 0 Å². The molecule has 0 spiro atoms. The van der Waals surface area contributed by atoms with Crippen molar-refractivity contribution in [2.75, 3.05) is 43.3 Å². The van der Waals surface area contributed by atoms with Crippen LogP contribution in [0.5, 0.6) is 0 Å². The quantitative estimate of drug-likeness (QED) is 0.236. The number of nitrogens with zero attached hydrogens (tertiary/aromatic N) is 6. The van der Waals surface area contributed by atoms with Crippen molar-refractivity contribution in [1.82, 2.24) is 35.0 Å². The Morgan fingerprint density at radius 3 is 2.72 bits per heavy atom. The number of sulfonamides is 1. The first-order valence-electron chi connectivity index (χ1n) is 10.7. The highest BCUT2D eigenvalue weighted by atomic mass is 35.5. The number of fused-ring (bicyclic) bond motifs is 1. The van der Waals surface area contributed by atoms with Crippen LogP contribution >= 0.6 is 11.6 Å². The summed E-state index contributed by atoms with van der Waals surface area (Å²) in [5, 5.41) is 20.2. The van der Waals surface area contributed by atoms with Crippen LogP contribution in [0.15, 0.2) is 35.5 Å². The highest BCUT2D eigenvalue weighted by molar-refractivity contribution is 7.92. The summed E-state index contributed by atoms with van der Waals surface area (Å²) in [6, 6.07) is 3.22. The molecule has 3 heterocycles.